The Kier molecular flexibility index (Phi) is 5.30. The van der Waals surface area contributed by atoms with E-state index in [9.17, 15) is 26.3 Å². The summed E-state index contributed by atoms with van der Waals surface area (Å²) in [5.41, 5.74) is -3.49. The normalized spacial score (nSPS) is 13.6. The van der Waals surface area contributed by atoms with Crippen LogP contribution in [0.5, 0.6) is 0 Å². The third-order valence-electron chi connectivity index (χ3n) is 3.79. The van der Waals surface area contributed by atoms with E-state index in [-0.39, 0.29) is 12.8 Å². The molecule has 0 unspecified atom stereocenters. The van der Waals surface area contributed by atoms with Crippen molar-refractivity contribution in [2.45, 2.75) is 51.8 Å². The molecule has 0 aliphatic heterocycles. The first-order valence-corrected chi connectivity index (χ1v) is 6.90. The Morgan fingerprint density at radius 2 is 1.50 bits per heavy atom. The summed E-state index contributed by atoms with van der Waals surface area (Å²) >= 11 is 0. The molecule has 7 heteroatoms. The number of alkyl halides is 6. The van der Waals surface area contributed by atoms with Crippen molar-refractivity contribution < 1.29 is 26.3 Å². The van der Waals surface area contributed by atoms with E-state index >= 15 is 0 Å². The third-order valence-corrected chi connectivity index (χ3v) is 3.79. The molecule has 1 aromatic carbocycles. The van der Waals surface area contributed by atoms with E-state index in [4.69, 9.17) is 0 Å². The van der Waals surface area contributed by atoms with E-state index in [1.807, 2.05) is 13.8 Å². The fraction of sp³-hybridized carbons (Fsp3) is 0.600. The minimum absolute atomic E-state index is 0.122. The molecular weight excluding hydrogens is 305 g/mol. The summed E-state index contributed by atoms with van der Waals surface area (Å²) in [6.07, 6.45) is -10.4. The van der Waals surface area contributed by atoms with Gasteiger partial charge >= 0.3 is 12.4 Å². The van der Waals surface area contributed by atoms with Gasteiger partial charge in [0, 0.05) is 0 Å². The molecule has 0 saturated carbocycles. The molecule has 0 aliphatic carbocycles. The molecule has 0 atom stereocenters. The molecule has 0 amide bonds. The van der Waals surface area contributed by atoms with E-state index in [0.29, 0.717) is 17.4 Å². The molecule has 0 nitrogen and oxygen atoms in total. The quantitative estimate of drug-likeness (QED) is 0.559. The SMILES string of the molecule is C[B]c1ccc(C(C)(C(F)(F)F)C(F)(F)F)cc1CC(C)C. The van der Waals surface area contributed by atoms with Crippen LogP contribution >= 0.6 is 0 Å². The number of hydrogen-bond acceptors (Lipinski definition) is 0. The maximum atomic E-state index is 13.1. The molecule has 0 N–H and O–H groups in total. The first-order valence-electron chi connectivity index (χ1n) is 6.90. The fourth-order valence-corrected chi connectivity index (χ4v) is 2.30. The Labute approximate surface area is 127 Å². The number of rotatable bonds is 4. The minimum Gasteiger partial charge on any atom is -0.170 e. The highest BCUT2D eigenvalue weighted by molar-refractivity contribution is 6.52. The molecule has 1 radical (unpaired) electrons. The predicted octanol–water partition coefficient (Wildman–Crippen LogP) is 4.65. The van der Waals surface area contributed by atoms with Gasteiger partial charge in [-0.15, -0.1) is 0 Å². The van der Waals surface area contributed by atoms with Gasteiger partial charge in [0.2, 0.25) is 0 Å². The van der Waals surface area contributed by atoms with Gasteiger partial charge in [-0.05, 0) is 24.8 Å². The zero-order valence-corrected chi connectivity index (χ0v) is 12.9. The van der Waals surface area contributed by atoms with Crippen LogP contribution in [0, 0.1) is 5.92 Å². The van der Waals surface area contributed by atoms with Crippen LogP contribution in [0.1, 0.15) is 31.9 Å². The fourth-order valence-electron chi connectivity index (χ4n) is 2.30. The largest absolute Gasteiger partial charge is 0.406 e. The zero-order valence-electron chi connectivity index (χ0n) is 12.9. The van der Waals surface area contributed by atoms with Gasteiger partial charge in [-0.25, -0.2) is 0 Å². The van der Waals surface area contributed by atoms with Crippen molar-refractivity contribution in [2.75, 3.05) is 0 Å². The van der Waals surface area contributed by atoms with Crippen molar-refractivity contribution in [3.05, 3.63) is 29.3 Å². The minimum atomic E-state index is -5.42. The smallest absolute Gasteiger partial charge is 0.170 e. The van der Waals surface area contributed by atoms with Crippen LogP contribution in [0.15, 0.2) is 18.2 Å². The van der Waals surface area contributed by atoms with E-state index < -0.39 is 23.3 Å². The summed E-state index contributed by atoms with van der Waals surface area (Å²) in [4.78, 5) is 0. The first-order chi connectivity index (χ1) is 9.84. The van der Waals surface area contributed by atoms with E-state index in [1.165, 1.54) is 6.07 Å². The van der Waals surface area contributed by atoms with Crippen LogP contribution in [0.25, 0.3) is 0 Å². The van der Waals surface area contributed by atoms with Crippen LogP contribution in [0.2, 0.25) is 6.82 Å². The van der Waals surface area contributed by atoms with Crippen molar-refractivity contribution in [1.82, 2.24) is 0 Å². The summed E-state index contributed by atoms with van der Waals surface area (Å²) in [7, 11) is 1.68. The summed E-state index contributed by atoms with van der Waals surface area (Å²) < 4.78 is 78.8. The molecule has 123 valence electrons. The third kappa shape index (κ3) is 3.44. The molecule has 22 heavy (non-hydrogen) atoms. The van der Waals surface area contributed by atoms with Crippen LogP contribution < -0.4 is 5.46 Å². The highest BCUT2D eigenvalue weighted by atomic mass is 19.4. The molecule has 0 heterocycles. The average Bonchev–Trinajstić information content (AvgIpc) is 2.34. The van der Waals surface area contributed by atoms with E-state index in [1.54, 1.807) is 14.1 Å². The van der Waals surface area contributed by atoms with Crippen LogP contribution in [-0.4, -0.2) is 19.6 Å². The van der Waals surface area contributed by atoms with Gasteiger partial charge in [-0.2, -0.15) is 26.3 Å². The maximum absolute atomic E-state index is 13.1. The lowest BCUT2D eigenvalue weighted by atomic mass is 9.68. The summed E-state index contributed by atoms with van der Waals surface area (Å²) in [6, 6.07) is 3.28. The Balaban J connectivity index is 3.52. The average molecular weight is 323 g/mol. The van der Waals surface area contributed by atoms with Crippen LogP contribution in [0.3, 0.4) is 0 Å². The first kappa shape index (κ1) is 18.9. The van der Waals surface area contributed by atoms with Crippen molar-refractivity contribution >= 4 is 12.7 Å². The number of benzene rings is 1. The van der Waals surface area contributed by atoms with Gasteiger partial charge in [-0.1, -0.05) is 49.9 Å². The van der Waals surface area contributed by atoms with Crippen molar-refractivity contribution in [2.24, 2.45) is 5.92 Å². The Morgan fingerprint density at radius 3 is 1.86 bits per heavy atom. The molecule has 0 fully saturated rings. The summed E-state index contributed by atoms with van der Waals surface area (Å²) in [5, 5.41) is 0. The lowest BCUT2D eigenvalue weighted by molar-refractivity contribution is -0.297. The lowest BCUT2D eigenvalue weighted by Gasteiger charge is -2.35. The Hall–Kier alpha value is -1.14. The summed E-state index contributed by atoms with van der Waals surface area (Å²) in [6.45, 7) is 5.61. The van der Waals surface area contributed by atoms with E-state index in [2.05, 4.69) is 0 Å². The monoisotopic (exact) mass is 323 g/mol. The standard InChI is InChI=1S/C15H18BF6/c1-9(2)7-10-8-11(5-6-12(10)16-4)13(3,14(17,18)19)15(20,21)22/h5-6,8-9H,7H2,1-4H3. The Morgan fingerprint density at radius 1 is 1.00 bits per heavy atom. The summed E-state index contributed by atoms with van der Waals surface area (Å²) in [5.74, 6) is 0.122. The molecular formula is C15H18BF6. The maximum Gasteiger partial charge on any atom is 0.406 e. The highest BCUT2D eigenvalue weighted by Crippen LogP contribution is 2.51. The highest BCUT2D eigenvalue weighted by Gasteiger charge is 2.68. The van der Waals surface area contributed by atoms with Crippen LogP contribution in [-0.2, 0) is 11.8 Å². The van der Waals surface area contributed by atoms with Crippen molar-refractivity contribution in [3.8, 4) is 0 Å². The van der Waals surface area contributed by atoms with Crippen molar-refractivity contribution in [3.63, 3.8) is 0 Å². The molecule has 1 aromatic rings. The van der Waals surface area contributed by atoms with Gasteiger partial charge in [0.15, 0.2) is 5.41 Å². The van der Waals surface area contributed by atoms with Crippen molar-refractivity contribution in [1.29, 1.82) is 0 Å². The second-order valence-corrected chi connectivity index (χ2v) is 5.92. The topological polar surface area (TPSA) is 0 Å². The van der Waals surface area contributed by atoms with Gasteiger partial charge in [0.1, 0.15) is 7.28 Å². The van der Waals surface area contributed by atoms with E-state index in [0.717, 1.165) is 12.1 Å². The molecule has 0 aromatic heterocycles. The zero-order chi connectivity index (χ0) is 17.3. The lowest BCUT2D eigenvalue weighted by Crippen LogP contribution is -2.51. The number of hydrogen-bond donors (Lipinski definition) is 0. The van der Waals surface area contributed by atoms with Gasteiger partial charge in [-0.3, -0.25) is 0 Å². The second kappa shape index (κ2) is 6.16. The van der Waals surface area contributed by atoms with Gasteiger partial charge < -0.3 is 0 Å². The molecule has 1 rings (SSSR count). The molecule has 0 saturated heterocycles. The van der Waals surface area contributed by atoms with Gasteiger partial charge in [0.05, 0.1) is 0 Å². The molecule has 0 bridgehead atoms. The predicted molar refractivity (Wildman–Crippen MR) is 75.7 cm³/mol. The number of halogens is 6. The van der Waals surface area contributed by atoms with Gasteiger partial charge in [0.25, 0.3) is 0 Å². The Bertz CT molecular complexity index is 502. The van der Waals surface area contributed by atoms with Crippen LogP contribution in [0.4, 0.5) is 26.3 Å². The molecule has 0 spiro atoms. The second-order valence-electron chi connectivity index (χ2n) is 5.92. The molecule has 0 aliphatic rings.